The smallest absolute Gasteiger partial charge is 0.271 e. The highest BCUT2D eigenvalue weighted by atomic mass is 16.5. The molecule has 9 nitrogen and oxygen atoms in total. The standard InChI is InChI=1S/C24H30N6O3/c1-16(2)12-18(29-8-10-33-11-9-29)14-26-24(32)20-13-19(17-6-4-3-5-7-17)28-23-21(22(25)31)27-15-30(20)23/h3-7,13,15-16,18H,8-12,14H2,1-2H3,(H2,25,31)(H,26,32). The predicted molar refractivity (Wildman–Crippen MR) is 125 cm³/mol. The number of benzene rings is 1. The number of hydrogen-bond acceptors (Lipinski definition) is 6. The van der Waals surface area contributed by atoms with Crippen molar-refractivity contribution in [2.45, 2.75) is 26.3 Å². The Kier molecular flexibility index (Phi) is 7.00. The summed E-state index contributed by atoms with van der Waals surface area (Å²) in [4.78, 5) is 36.3. The topological polar surface area (TPSA) is 115 Å². The fraction of sp³-hybridized carbons (Fsp3) is 0.417. The molecule has 3 heterocycles. The highest BCUT2D eigenvalue weighted by Crippen LogP contribution is 2.21. The van der Waals surface area contributed by atoms with Crippen molar-refractivity contribution in [3.05, 3.63) is 54.1 Å². The van der Waals surface area contributed by atoms with Gasteiger partial charge in [0.05, 0.1) is 18.9 Å². The van der Waals surface area contributed by atoms with Crippen LogP contribution in [0.1, 0.15) is 41.2 Å². The van der Waals surface area contributed by atoms with Crippen LogP contribution in [-0.4, -0.2) is 70.0 Å². The first-order valence-corrected chi connectivity index (χ1v) is 11.3. The largest absolute Gasteiger partial charge is 0.379 e. The van der Waals surface area contributed by atoms with Crippen molar-refractivity contribution in [2.24, 2.45) is 11.7 Å². The van der Waals surface area contributed by atoms with Crippen LogP contribution in [0.25, 0.3) is 16.9 Å². The average molecular weight is 451 g/mol. The molecule has 9 heteroatoms. The van der Waals surface area contributed by atoms with Crippen LogP contribution in [0.5, 0.6) is 0 Å². The summed E-state index contributed by atoms with van der Waals surface area (Å²) in [6, 6.07) is 11.4. The third kappa shape index (κ3) is 5.20. The van der Waals surface area contributed by atoms with Crippen molar-refractivity contribution in [1.82, 2.24) is 24.6 Å². The maximum Gasteiger partial charge on any atom is 0.271 e. The second-order valence-electron chi connectivity index (χ2n) is 8.69. The van der Waals surface area contributed by atoms with E-state index in [1.54, 1.807) is 6.07 Å². The van der Waals surface area contributed by atoms with Gasteiger partial charge in [0.1, 0.15) is 12.0 Å². The van der Waals surface area contributed by atoms with Crippen LogP contribution in [0.2, 0.25) is 0 Å². The van der Waals surface area contributed by atoms with Gasteiger partial charge < -0.3 is 15.8 Å². The second-order valence-corrected chi connectivity index (χ2v) is 8.69. The van der Waals surface area contributed by atoms with Crippen LogP contribution in [-0.2, 0) is 4.74 Å². The molecule has 0 radical (unpaired) electrons. The molecule has 2 amide bonds. The van der Waals surface area contributed by atoms with Gasteiger partial charge in [-0.05, 0) is 18.4 Å². The SMILES string of the molecule is CC(C)CC(CNC(=O)c1cc(-c2ccccc2)nc2c(C(N)=O)ncn12)N1CCOCC1. The van der Waals surface area contributed by atoms with Crippen molar-refractivity contribution in [3.63, 3.8) is 0 Å². The number of fused-ring (bicyclic) bond motifs is 1. The molecule has 1 aromatic carbocycles. The van der Waals surface area contributed by atoms with E-state index >= 15 is 0 Å². The summed E-state index contributed by atoms with van der Waals surface area (Å²) in [7, 11) is 0. The number of ether oxygens (including phenoxy) is 1. The number of morpholine rings is 1. The quantitative estimate of drug-likeness (QED) is 0.542. The maximum atomic E-state index is 13.3. The Morgan fingerprint density at radius 3 is 2.58 bits per heavy atom. The lowest BCUT2D eigenvalue weighted by atomic mass is 10.0. The summed E-state index contributed by atoms with van der Waals surface area (Å²) in [5.74, 6) is -0.445. The molecule has 1 atom stereocenters. The van der Waals surface area contributed by atoms with Gasteiger partial charge >= 0.3 is 0 Å². The molecular weight excluding hydrogens is 420 g/mol. The number of rotatable bonds is 8. The molecule has 1 unspecified atom stereocenters. The molecule has 0 bridgehead atoms. The molecule has 2 aromatic heterocycles. The molecular formula is C24H30N6O3. The third-order valence-corrected chi connectivity index (χ3v) is 5.84. The number of carbonyl (C=O) groups is 2. The lowest BCUT2D eigenvalue weighted by Gasteiger charge is -2.35. The number of primary amides is 1. The Morgan fingerprint density at radius 2 is 1.91 bits per heavy atom. The summed E-state index contributed by atoms with van der Waals surface area (Å²) >= 11 is 0. The first-order valence-electron chi connectivity index (χ1n) is 11.3. The van der Waals surface area contributed by atoms with Crippen LogP contribution in [0.15, 0.2) is 42.7 Å². The maximum absolute atomic E-state index is 13.3. The molecule has 4 rings (SSSR count). The number of nitrogens with two attached hydrogens (primary N) is 1. The summed E-state index contributed by atoms with van der Waals surface area (Å²) in [6.45, 7) is 8.01. The fourth-order valence-electron chi connectivity index (χ4n) is 4.23. The van der Waals surface area contributed by atoms with Gasteiger partial charge in [0, 0.05) is 31.2 Å². The van der Waals surface area contributed by atoms with Crippen LogP contribution < -0.4 is 11.1 Å². The molecule has 1 saturated heterocycles. The van der Waals surface area contributed by atoms with Gasteiger partial charge in [0.2, 0.25) is 0 Å². The zero-order chi connectivity index (χ0) is 23.4. The van der Waals surface area contributed by atoms with E-state index in [4.69, 9.17) is 10.5 Å². The normalized spacial score (nSPS) is 15.6. The second kappa shape index (κ2) is 10.1. The zero-order valence-corrected chi connectivity index (χ0v) is 19.0. The van der Waals surface area contributed by atoms with Gasteiger partial charge in [-0.2, -0.15) is 0 Å². The van der Waals surface area contributed by atoms with E-state index in [1.807, 2.05) is 30.3 Å². The van der Waals surface area contributed by atoms with Gasteiger partial charge in [0.15, 0.2) is 11.3 Å². The summed E-state index contributed by atoms with van der Waals surface area (Å²) in [5, 5.41) is 3.10. The Morgan fingerprint density at radius 1 is 1.18 bits per heavy atom. The average Bonchev–Trinajstić information content (AvgIpc) is 3.26. The Bertz CT molecular complexity index is 1120. The third-order valence-electron chi connectivity index (χ3n) is 5.84. The minimum absolute atomic E-state index is 0.0350. The Hall–Kier alpha value is -3.30. The highest BCUT2D eigenvalue weighted by Gasteiger charge is 2.24. The molecule has 0 aliphatic carbocycles. The number of carbonyl (C=O) groups excluding carboxylic acids is 2. The van der Waals surface area contributed by atoms with E-state index < -0.39 is 5.91 Å². The number of hydrogen-bond donors (Lipinski definition) is 2. The number of amides is 2. The van der Waals surface area contributed by atoms with Crippen LogP contribution in [0.3, 0.4) is 0 Å². The molecule has 1 fully saturated rings. The molecule has 1 aliphatic heterocycles. The minimum Gasteiger partial charge on any atom is -0.379 e. The van der Waals surface area contributed by atoms with Crippen molar-refractivity contribution >= 4 is 17.5 Å². The summed E-state index contributed by atoms with van der Waals surface area (Å²) < 4.78 is 7.01. The zero-order valence-electron chi connectivity index (χ0n) is 19.0. The Labute approximate surface area is 193 Å². The van der Waals surface area contributed by atoms with Gasteiger partial charge in [-0.15, -0.1) is 0 Å². The molecule has 174 valence electrons. The van der Waals surface area contributed by atoms with Crippen molar-refractivity contribution in [2.75, 3.05) is 32.8 Å². The Balaban J connectivity index is 1.64. The number of nitrogens with zero attached hydrogens (tertiary/aromatic N) is 4. The van der Waals surface area contributed by atoms with Crippen molar-refractivity contribution < 1.29 is 14.3 Å². The van der Waals surface area contributed by atoms with Crippen molar-refractivity contribution in [3.8, 4) is 11.3 Å². The number of imidazole rings is 1. The fourth-order valence-corrected chi connectivity index (χ4v) is 4.23. The van der Waals surface area contributed by atoms with E-state index in [-0.39, 0.29) is 23.3 Å². The lowest BCUT2D eigenvalue weighted by Crippen LogP contribution is -2.49. The van der Waals surface area contributed by atoms with Gasteiger partial charge in [-0.3, -0.25) is 18.9 Å². The van der Waals surface area contributed by atoms with E-state index in [2.05, 4.69) is 34.0 Å². The van der Waals surface area contributed by atoms with Crippen molar-refractivity contribution in [1.29, 1.82) is 0 Å². The van der Waals surface area contributed by atoms with E-state index in [9.17, 15) is 9.59 Å². The minimum atomic E-state index is -0.689. The highest BCUT2D eigenvalue weighted by molar-refractivity contribution is 5.99. The van der Waals surface area contributed by atoms with Crippen LogP contribution in [0, 0.1) is 5.92 Å². The van der Waals surface area contributed by atoms with E-state index in [1.165, 1.54) is 10.7 Å². The van der Waals surface area contributed by atoms with Gasteiger partial charge in [0.25, 0.3) is 11.8 Å². The first kappa shape index (κ1) is 22.9. The molecule has 0 saturated carbocycles. The molecule has 33 heavy (non-hydrogen) atoms. The molecule has 3 N–H and O–H groups in total. The van der Waals surface area contributed by atoms with Gasteiger partial charge in [-0.25, -0.2) is 9.97 Å². The van der Waals surface area contributed by atoms with E-state index in [0.29, 0.717) is 37.1 Å². The predicted octanol–water partition coefficient (Wildman–Crippen LogP) is 1.97. The molecule has 0 spiro atoms. The summed E-state index contributed by atoms with van der Waals surface area (Å²) in [6.07, 6.45) is 2.39. The van der Waals surface area contributed by atoms with Gasteiger partial charge in [-0.1, -0.05) is 44.2 Å². The monoisotopic (exact) mass is 450 g/mol. The number of nitrogens with one attached hydrogen (secondary N) is 1. The first-order chi connectivity index (χ1) is 15.9. The lowest BCUT2D eigenvalue weighted by molar-refractivity contribution is 0.0124. The van der Waals surface area contributed by atoms with Crippen LogP contribution in [0.4, 0.5) is 0 Å². The molecule has 1 aliphatic rings. The van der Waals surface area contributed by atoms with Crippen LogP contribution >= 0.6 is 0 Å². The molecule has 3 aromatic rings. The summed E-state index contributed by atoms with van der Waals surface area (Å²) in [5.41, 5.74) is 7.55. The number of aromatic nitrogens is 3. The van der Waals surface area contributed by atoms with E-state index in [0.717, 1.165) is 25.1 Å².